The molecule has 0 spiro atoms. The molecule has 5 atom stereocenters. The number of carbonyl (C=O) groups excluding carboxylic acids is 1. The Kier molecular flexibility index (Phi) is 7.18. The van der Waals surface area contributed by atoms with Crippen LogP contribution in [0.25, 0.3) is 0 Å². The summed E-state index contributed by atoms with van der Waals surface area (Å²) in [6, 6.07) is 0. The van der Waals surface area contributed by atoms with E-state index in [1.54, 1.807) is 13.8 Å². The number of esters is 1. The SMILES string of the molecule is CCc1c(Cl)c(O)c(Cl)c(O)c1C(=O)O[C@@H]1[C@@H](O)[C@@H](OC)[C@@H](OC)O[C@H]1C. The zero-order chi connectivity index (χ0) is 20.5. The Bertz CT molecular complexity index is 711. The molecule has 3 N–H and O–H groups in total. The van der Waals surface area contributed by atoms with Crippen LogP contribution in [0.5, 0.6) is 11.5 Å². The average molecular weight is 425 g/mol. The molecule has 0 amide bonds. The molecule has 0 aliphatic carbocycles. The molecule has 1 heterocycles. The van der Waals surface area contributed by atoms with Crippen LogP contribution in [0.1, 0.15) is 29.8 Å². The maximum Gasteiger partial charge on any atom is 0.342 e. The number of methoxy groups -OCH3 is 2. The summed E-state index contributed by atoms with van der Waals surface area (Å²) in [5, 5.41) is 30.0. The van der Waals surface area contributed by atoms with Gasteiger partial charge in [0.1, 0.15) is 22.8 Å². The largest absolute Gasteiger partial charge is 0.505 e. The number of carbonyl (C=O) groups is 1. The van der Waals surface area contributed by atoms with E-state index in [1.165, 1.54) is 14.2 Å². The Labute approximate surface area is 166 Å². The van der Waals surface area contributed by atoms with Crippen LogP contribution in [0, 0.1) is 0 Å². The first kappa shape index (κ1) is 22.0. The van der Waals surface area contributed by atoms with E-state index in [-0.39, 0.29) is 22.6 Å². The van der Waals surface area contributed by atoms with Crippen molar-refractivity contribution in [3.05, 3.63) is 21.2 Å². The number of rotatable bonds is 5. The molecular formula is C17H22Cl2O8. The molecule has 1 aliphatic rings. The molecule has 27 heavy (non-hydrogen) atoms. The van der Waals surface area contributed by atoms with Crippen molar-refractivity contribution in [3.8, 4) is 11.5 Å². The third-order valence-corrected chi connectivity index (χ3v) is 5.25. The van der Waals surface area contributed by atoms with Gasteiger partial charge in [-0.15, -0.1) is 0 Å². The predicted molar refractivity (Wildman–Crippen MR) is 96.5 cm³/mol. The Morgan fingerprint density at radius 1 is 1.11 bits per heavy atom. The number of hydrogen-bond acceptors (Lipinski definition) is 8. The second-order valence-electron chi connectivity index (χ2n) is 6.04. The maximum atomic E-state index is 12.7. The smallest absolute Gasteiger partial charge is 0.342 e. The second-order valence-corrected chi connectivity index (χ2v) is 6.79. The van der Waals surface area contributed by atoms with Gasteiger partial charge in [-0.3, -0.25) is 0 Å². The number of halogens is 2. The van der Waals surface area contributed by atoms with Gasteiger partial charge >= 0.3 is 5.97 Å². The van der Waals surface area contributed by atoms with E-state index in [0.29, 0.717) is 0 Å². The van der Waals surface area contributed by atoms with Crippen molar-refractivity contribution < 1.29 is 39.1 Å². The monoisotopic (exact) mass is 424 g/mol. The standard InChI is InChI=1S/C17H22Cl2O8/c1-5-7-8(11(20)10(19)12(21)9(7)18)16(23)27-14-6(2)26-17(25-4)15(24-3)13(14)22/h6,13-15,17,20-22H,5H2,1-4H3/t6-,13+,14-,15+,17-/m0/s1. The quantitative estimate of drug-likeness (QED) is 0.616. The van der Waals surface area contributed by atoms with Gasteiger partial charge < -0.3 is 34.3 Å². The Morgan fingerprint density at radius 3 is 2.26 bits per heavy atom. The summed E-state index contributed by atoms with van der Waals surface area (Å²) >= 11 is 11.9. The summed E-state index contributed by atoms with van der Waals surface area (Å²) in [7, 11) is 2.76. The van der Waals surface area contributed by atoms with Crippen LogP contribution in [0.4, 0.5) is 0 Å². The molecule has 0 radical (unpaired) electrons. The van der Waals surface area contributed by atoms with E-state index < -0.39 is 53.2 Å². The fourth-order valence-electron chi connectivity index (χ4n) is 3.05. The zero-order valence-corrected chi connectivity index (χ0v) is 16.7. The van der Waals surface area contributed by atoms with Crippen LogP contribution in [0.15, 0.2) is 0 Å². The van der Waals surface area contributed by atoms with Crippen molar-refractivity contribution in [2.75, 3.05) is 14.2 Å². The minimum Gasteiger partial charge on any atom is -0.505 e. The summed E-state index contributed by atoms with van der Waals surface area (Å²) in [6.07, 6.45) is -4.60. The summed E-state index contributed by atoms with van der Waals surface area (Å²) in [4.78, 5) is 12.7. The molecule has 0 bridgehead atoms. The first-order valence-corrected chi connectivity index (χ1v) is 8.96. The lowest BCUT2D eigenvalue weighted by Crippen LogP contribution is -2.59. The molecule has 1 aliphatic heterocycles. The fraction of sp³-hybridized carbons (Fsp3) is 0.588. The molecule has 10 heteroatoms. The number of hydrogen-bond donors (Lipinski definition) is 3. The second kappa shape index (κ2) is 8.81. The van der Waals surface area contributed by atoms with Gasteiger partial charge in [-0.1, -0.05) is 30.1 Å². The van der Waals surface area contributed by atoms with Gasteiger partial charge in [0.05, 0.1) is 11.1 Å². The van der Waals surface area contributed by atoms with Gasteiger partial charge in [0.15, 0.2) is 23.9 Å². The van der Waals surface area contributed by atoms with Gasteiger partial charge in [0.25, 0.3) is 0 Å². The number of aliphatic hydroxyl groups excluding tert-OH is 1. The van der Waals surface area contributed by atoms with Crippen LogP contribution < -0.4 is 0 Å². The highest BCUT2D eigenvalue weighted by Crippen LogP contribution is 2.45. The number of aliphatic hydroxyl groups is 1. The highest BCUT2D eigenvalue weighted by Gasteiger charge is 2.46. The van der Waals surface area contributed by atoms with Gasteiger partial charge in [0, 0.05) is 14.2 Å². The molecule has 152 valence electrons. The zero-order valence-electron chi connectivity index (χ0n) is 15.2. The highest BCUT2D eigenvalue weighted by molar-refractivity contribution is 6.39. The summed E-state index contributed by atoms with van der Waals surface area (Å²) in [6.45, 7) is 3.27. The first-order valence-electron chi connectivity index (χ1n) is 8.21. The molecule has 1 aromatic rings. The van der Waals surface area contributed by atoms with Crippen molar-refractivity contribution in [1.29, 1.82) is 0 Å². The van der Waals surface area contributed by atoms with Gasteiger partial charge in [-0.05, 0) is 18.9 Å². The molecule has 8 nitrogen and oxygen atoms in total. The van der Waals surface area contributed by atoms with E-state index in [0.717, 1.165) is 0 Å². The van der Waals surface area contributed by atoms with Gasteiger partial charge in [-0.2, -0.15) is 0 Å². The number of ether oxygens (including phenoxy) is 4. The van der Waals surface area contributed by atoms with E-state index in [2.05, 4.69) is 0 Å². The van der Waals surface area contributed by atoms with Crippen molar-refractivity contribution in [1.82, 2.24) is 0 Å². The van der Waals surface area contributed by atoms with E-state index >= 15 is 0 Å². The van der Waals surface area contributed by atoms with Crippen LogP contribution in [-0.4, -0.2) is 66.2 Å². The topological polar surface area (TPSA) is 115 Å². The summed E-state index contributed by atoms with van der Waals surface area (Å²) < 4.78 is 21.3. The van der Waals surface area contributed by atoms with Gasteiger partial charge in [-0.25, -0.2) is 4.79 Å². The maximum absolute atomic E-state index is 12.7. The van der Waals surface area contributed by atoms with Crippen molar-refractivity contribution in [2.24, 2.45) is 0 Å². The lowest BCUT2D eigenvalue weighted by molar-refractivity contribution is -0.290. The lowest BCUT2D eigenvalue weighted by Gasteiger charge is -2.41. The number of phenolic OH excluding ortho intramolecular Hbond substituents is 2. The normalized spacial score (nSPS) is 28.2. The van der Waals surface area contributed by atoms with Crippen LogP contribution >= 0.6 is 23.2 Å². The van der Waals surface area contributed by atoms with E-state index in [4.69, 9.17) is 42.1 Å². The number of benzene rings is 1. The number of phenols is 2. The van der Waals surface area contributed by atoms with Crippen LogP contribution in [0.3, 0.4) is 0 Å². The Hall–Kier alpha value is -1.29. The first-order chi connectivity index (χ1) is 12.7. The van der Waals surface area contributed by atoms with Crippen molar-refractivity contribution in [2.45, 2.75) is 51.0 Å². The van der Waals surface area contributed by atoms with Crippen LogP contribution in [-0.2, 0) is 25.4 Å². The van der Waals surface area contributed by atoms with E-state index in [9.17, 15) is 20.1 Å². The minimum atomic E-state index is -1.25. The predicted octanol–water partition coefficient (Wildman–Crippen LogP) is 2.26. The molecule has 2 rings (SSSR count). The van der Waals surface area contributed by atoms with Crippen molar-refractivity contribution in [3.63, 3.8) is 0 Å². The Balaban J connectivity index is 2.37. The van der Waals surface area contributed by atoms with Crippen molar-refractivity contribution >= 4 is 29.2 Å². The molecular weight excluding hydrogens is 403 g/mol. The number of aromatic hydroxyl groups is 2. The van der Waals surface area contributed by atoms with E-state index in [1.807, 2.05) is 0 Å². The third-order valence-electron chi connectivity index (χ3n) is 4.49. The molecule has 0 aromatic heterocycles. The summed E-state index contributed by atoms with van der Waals surface area (Å²) in [5.74, 6) is -2.16. The minimum absolute atomic E-state index is 0.157. The average Bonchev–Trinajstić information content (AvgIpc) is 2.65. The highest BCUT2D eigenvalue weighted by atomic mass is 35.5. The van der Waals surface area contributed by atoms with Gasteiger partial charge in [0.2, 0.25) is 0 Å². The fourth-order valence-corrected chi connectivity index (χ4v) is 3.61. The molecule has 1 saturated heterocycles. The molecule has 0 saturated carbocycles. The Morgan fingerprint density at radius 2 is 1.74 bits per heavy atom. The van der Waals surface area contributed by atoms with Crippen LogP contribution in [0.2, 0.25) is 10.0 Å². The molecule has 1 fully saturated rings. The third kappa shape index (κ3) is 3.96. The summed E-state index contributed by atoms with van der Waals surface area (Å²) in [5.41, 5.74) is -0.120. The molecule has 0 unspecified atom stereocenters. The lowest BCUT2D eigenvalue weighted by atomic mass is 9.98. The molecule has 1 aromatic carbocycles.